The van der Waals surface area contributed by atoms with Gasteiger partial charge in [0.25, 0.3) is 0 Å². The second kappa shape index (κ2) is 9.02. The van der Waals surface area contributed by atoms with Crippen molar-refractivity contribution in [2.24, 2.45) is 0 Å². The number of hydrogen-bond donors (Lipinski definition) is 1. The lowest BCUT2D eigenvalue weighted by Gasteiger charge is -2.38. The maximum absolute atomic E-state index is 13.7. The summed E-state index contributed by atoms with van der Waals surface area (Å²) < 4.78 is 80.5. The number of carbonyl (C=O) groups is 2. The minimum atomic E-state index is -5.02. The molecule has 6 nitrogen and oxygen atoms in total. The highest BCUT2D eigenvalue weighted by atomic mass is 79.9. The van der Waals surface area contributed by atoms with Crippen LogP contribution in [0.1, 0.15) is 28.3 Å². The zero-order valence-electron chi connectivity index (χ0n) is 16.6. The van der Waals surface area contributed by atoms with Crippen LogP contribution in [0.25, 0.3) is 0 Å². The van der Waals surface area contributed by atoms with Crippen LogP contribution in [0.5, 0.6) is 0 Å². The molecule has 13 heteroatoms. The summed E-state index contributed by atoms with van der Waals surface area (Å²) in [7, 11) is 0. The van der Waals surface area contributed by atoms with Gasteiger partial charge in [0.05, 0.1) is 40.5 Å². The van der Waals surface area contributed by atoms with E-state index in [1.807, 2.05) is 0 Å². The molecule has 0 aromatic heterocycles. The predicted octanol–water partition coefficient (Wildman–Crippen LogP) is 4.27. The number of aliphatic carboxylic acids is 1. The minimum Gasteiger partial charge on any atom is -0.545 e. The van der Waals surface area contributed by atoms with Gasteiger partial charge >= 0.3 is 18.4 Å². The van der Waals surface area contributed by atoms with Gasteiger partial charge < -0.3 is 15.2 Å². The topological polar surface area (TPSA) is 96.3 Å². The van der Waals surface area contributed by atoms with E-state index < -0.39 is 63.7 Å². The summed E-state index contributed by atoms with van der Waals surface area (Å²) in [5.41, 5.74) is -5.12. The molecule has 2 aromatic carbocycles. The molecule has 0 saturated heterocycles. The minimum absolute atomic E-state index is 0.358. The first kappa shape index (κ1) is 25.1. The average Bonchev–Trinajstić information content (AvgIpc) is 2.76. The smallest absolute Gasteiger partial charge is 0.416 e. The highest BCUT2D eigenvalue weighted by Gasteiger charge is 2.41. The van der Waals surface area contributed by atoms with Crippen molar-refractivity contribution >= 4 is 33.6 Å². The number of benzene rings is 2. The Morgan fingerprint density at radius 2 is 1.79 bits per heavy atom. The van der Waals surface area contributed by atoms with Crippen LogP contribution >= 0.6 is 15.9 Å². The van der Waals surface area contributed by atoms with Gasteiger partial charge in [0.1, 0.15) is 0 Å². The van der Waals surface area contributed by atoms with E-state index >= 15 is 0 Å². The fourth-order valence-corrected chi connectivity index (χ4v) is 4.04. The number of rotatable bonds is 4. The zero-order valence-corrected chi connectivity index (χ0v) is 18.2. The average molecular weight is 547 g/mol. The predicted molar refractivity (Wildman–Crippen MR) is 107 cm³/mol. The number of anilines is 1. The largest absolute Gasteiger partial charge is 0.545 e. The van der Waals surface area contributed by atoms with E-state index in [-0.39, 0.29) is 11.3 Å². The second-order valence-corrected chi connectivity index (χ2v) is 7.52. The molecule has 1 aliphatic heterocycles. The fourth-order valence-electron chi connectivity index (χ4n) is 3.49. The normalized spacial score (nSPS) is 16.8. The maximum atomic E-state index is 13.7. The number of alkyl halides is 7. The summed E-state index contributed by atoms with van der Waals surface area (Å²) in [6.07, 6.45) is -9.79. The molecule has 0 bridgehead atoms. The van der Waals surface area contributed by atoms with Gasteiger partial charge in [-0.25, -0.2) is 4.79 Å². The molecule has 34 heavy (non-hydrogen) atoms. The first-order valence-electron chi connectivity index (χ1n) is 9.19. The molecule has 1 heterocycles. The monoisotopic (exact) mass is 546 g/mol. The third kappa shape index (κ3) is 4.72. The van der Waals surface area contributed by atoms with E-state index in [0.29, 0.717) is 17.0 Å². The molecule has 3 rings (SSSR count). The van der Waals surface area contributed by atoms with E-state index in [0.717, 1.165) is 30.3 Å². The Bertz CT molecular complexity index is 1230. The fraction of sp³-hybridized carbons (Fsp3) is 0.190. The number of allylic oxidation sites excluding steroid dienone is 1. The number of carboxylic acid groups (broad SMARTS) is 1. The Labute approximate surface area is 196 Å². The van der Waals surface area contributed by atoms with Gasteiger partial charge in [-0.3, -0.25) is 4.90 Å². The molecule has 178 valence electrons. The number of halogens is 7. The number of amides is 2. The third-order valence-corrected chi connectivity index (χ3v) is 5.45. The Morgan fingerprint density at radius 3 is 2.32 bits per heavy atom. The Balaban J connectivity index is 2.26. The van der Waals surface area contributed by atoms with Crippen LogP contribution in [-0.4, -0.2) is 17.3 Å². The number of carbonyl (C=O) groups excluding carboxylic acids is 2. The van der Waals surface area contributed by atoms with Gasteiger partial charge in [-0.15, -0.1) is 0 Å². The molecule has 0 aliphatic carbocycles. The third-order valence-electron chi connectivity index (χ3n) is 4.92. The summed E-state index contributed by atoms with van der Waals surface area (Å²) in [5, 5.41) is 22.6. The van der Waals surface area contributed by atoms with Crippen molar-refractivity contribution in [1.29, 1.82) is 5.26 Å². The molecule has 1 atom stereocenters. The van der Waals surface area contributed by atoms with E-state index in [9.17, 15) is 41.0 Å². The lowest BCUT2D eigenvalue weighted by molar-refractivity contribution is -0.299. The summed E-state index contributed by atoms with van der Waals surface area (Å²) in [4.78, 5) is 25.5. The number of carboxylic acids is 1. The summed E-state index contributed by atoms with van der Waals surface area (Å²) in [5.74, 6) is -1.95. The Morgan fingerprint density at radius 1 is 1.12 bits per heavy atom. The van der Waals surface area contributed by atoms with Crippen LogP contribution < -0.4 is 15.3 Å². The van der Waals surface area contributed by atoms with Crippen LogP contribution in [0.4, 0.5) is 36.8 Å². The lowest BCUT2D eigenvalue weighted by atomic mass is 9.90. The van der Waals surface area contributed by atoms with Crippen molar-refractivity contribution < 1.29 is 41.0 Å². The first-order valence-corrected chi connectivity index (χ1v) is 10.3. The molecule has 2 amide bonds. The maximum Gasteiger partial charge on any atom is 0.416 e. The molecule has 1 N–H and O–H groups in total. The van der Waals surface area contributed by atoms with Gasteiger partial charge in [0.15, 0.2) is 0 Å². The van der Waals surface area contributed by atoms with Gasteiger partial charge in [-0.2, -0.15) is 31.6 Å². The standard InChI is InChI=1S/C21H12BrF6N3O3/c22-8-15-16(18(32)33)17(13-5-4-10(9-29)6-14(13)21(26,27)28)30-19(34)31(15)12-3-1-2-11(7-12)20(23,24)25/h1-7,17H,8H2,(H,30,34)(H,32,33)/p-1. The van der Waals surface area contributed by atoms with Gasteiger partial charge in [-0.1, -0.05) is 28.1 Å². The second-order valence-electron chi connectivity index (χ2n) is 6.96. The first-order chi connectivity index (χ1) is 15.8. The van der Waals surface area contributed by atoms with Crippen LogP contribution in [0.2, 0.25) is 0 Å². The van der Waals surface area contributed by atoms with Gasteiger partial charge in [0, 0.05) is 16.6 Å². The molecule has 0 spiro atoms. The highest BCUT2D eigenvalue weighted by Crippen LogP contribution is 2.41. The van der Waals surface area contributed by atoms with E-state index in [4.69, 9.17) is 5.26 Å². The van der Waals surface area contributed by atoms with Crippen molar-refractivity contribution in [3.05, 3.63) is 76.0 Å². The summed E-state index contributed by atoms with van der Waals surface area (Å²) >= 11 is 2.97. The SMILES string of the molecule is N#Cc1ccc(C2NC(=O)N(c3cccc(C(F)(F)F)c3)C(CBr)=C2C(=O)[O-])c(C(F)(F)F)c1. The van der Waals surface area contributed by atoms with E-state index in [1.165, 1.54) is 0 Å². The van der Waals surface area contributed by atoms with Crippen LogP contribution in [0, 0.1) is 11.3 Å². The molecular weight excluding hydrogens is 536 g/mol. The number of nitriles is 1. The number of nitrogens with zero attached hydrogens (tertiary/aromatic N) is 2. The highest BCUT2D eigenvalue weighted by molar-refractivity contribution is 9.09. The van der Waals surface area contributed by atoms with Gasteiger partial charge in [0.2, 0.25) is 0 Å². The number of hydrogen-bond acceptors (Lipinski definition) is 4. The van der Waals surface area contributed by atoms with Crippen molar-refractivity contribution in [3.63, 3.8) is 0 Å². The molecule has 0 fully saturated rings. The van der Waals surface area contributed by atoms with Crippen molar-refractivity contribution in [2.45, 2.75) is 18.4 Å². The molecule has 1 unspecified atom stereocenters. The summed E-state index contributed by atoms with van der Waals surface area (Å²) in [6, 6.07) is 4.30. The summed E-state index contributed by atoms with van der Waals surface area (Å²) in [6.45, 7) is 0. The molecule has 2 aromatic rings. The number of urea groups is 1. The lowest BCUT2D eigenvalue weighted by Crippen LogP contribution is -2.51. The van der Waals surface area contributed by atoms with Crippen LogP contribution in [0.3, 0.4) is 0 Å². The quantitative estimate of drug-likeness (QED) is 0.457. The van der Waals surface area contributed by atoms with E-state index in [1.54, 1.807) is 6.07 Å². The molecular formula is C21H11BrF6N3O3-. The zero-order chi connectivity index (χ0) is 25.4. The Kier molecular flexibility index (Phi) is 6.66. The van der Waals surface area contributed by atoms with Crippen LogP contribution in [0.15, 0.2) is 53.7 Å². The van der Waals surface area contributed by atoms with Gasteiger partial charge in [-0.05, 0) is 35.9 Å². The molecule has 0 saturated carbocycles. The van der Waals surface area contributed by atoms with E-state index in [2.05, 4.69) is 21.2 Å². The Hall–Kier alpha value is -3.53. The van der Waals surface area contributed by atoms with Crippen molar-refractivity contribution in [1.82, 2.24) is 5.32 Å². The van der Waals surface area contributed by atoms with Crippen molar-refractivity contribution in [3.8, 4) is 6.07 Å². The van der Waals surface area contributed by atoms with Crippen LogP contribution in [-0.2, 0) is 17.1 Å². The molecule has 1 aliphatic rings. The number of nitrogens with one attached hydrogen (secondary N) is 1. The molecule has 0 radical (unpaired) electrons. The van der Waals surface area contributed by atoms with Crippen molar-refractivity contribution in [2.75, 3.05) is 10.2 Å².